The maximum atomic E-state index is 12.5. The predicted molar refractivity (Wildman–Crippen MR) is 111 cm³/mol. The minimum Gasteiger partial charge on any atom is -0.492 e. The van der Waals surface area contributed by atoms with E-state index < -0.39 is 0 Å². The Bertz CT molecular complexity index is 795. The zero-order chi connectivity index (χ0) is 19.2. The van der Waals surface area contributed by atoms with Crippen molar-refractivity contribution in [2.75, 3.05) is 44.3 Å². The molecular formula is C20H22BrClN2O3. The van der Waals surface area contributed by atoms with Crippen LogP contribution in [0.4, 0.5) is 5.69 Å². The number of carbonyl (C=O) groups excluding carboxylic acids is 1. The third-order valence-electron chi connectivity index (χ3n) is 4.38. The molecule has 0 bridgehead atoms. The van der Waals surface area contributed by atoms with Gasteiger partial charge in [-0.2, -0.15) is 0 Å². The third kappa shape index (κ3) is 5.08. The Morgan fingerprint density at radius 2 is 1.81 bits per heavy atom. The Balaban J connectivity index is 1.53. The Morgan fingerprint density at radius 3 is 2.52 bits per heavy atom. The molecule has 1 fully saturated rings. The highest BCUT2D eigenvalue weighted by Gasteiger charge is 2.23. The van der Waals surface area contributed by atoms with E-state index in [4.69, 9.17) is 21.1 Å². The van der Waals surface area contributed by atoms with Crippen LogP contribution in [0.25, 0.3) is 0 Å². The first-order chi connectivity index (χ1) is 13.1. The van der Waals surface area contributed by atoms with Gasteiger partial charge in [0.05, 0.1) is 16.8 Å². The van der Waals surface area contributed by atoms with Gasteiger partial charge in [0.25, 0.3) is 5.91 Å². The highest BCUT2D eigenvalue weighted by molar-refractivity contribution is 9.10. The second-order valence-electron chi connectivity index (χ2n) is 6.13. The molecule has 27 heavy (non-hydrogen) atoms. The van der Waals surface area contributed by atoms with Gasteiger partial charge in [-0.25, -0.2) is 0 Å². The third-order valence-corrected chi connectivity index (χ3v) is 5.24. The lowest BCUT2D eigenvalue weighted by Gasteiger charge is -2.36. The fraction of sp³-hybridized carbons (Fsp3) is 0.350. The maximum absolute atomic E-state index is 12.5. The highest BCUT2D eigenvalue weighted by atomic mass is 79.9. The number of ether oxygens (including phenoxy) is 2. The molecule has 1 heterocycles. The molecule has 2 aromatic carbocycles. The Morgan fingerprint density at radius 1 is 1.07 bits per heavy atom. The summed E-state index contributed by atoms with van der Waals surface area (Å²) in [6, 6.07) is 13.3. The van der Waals surface area contributed by atoms with Crippen LogP contribution >= 0.6 is 27.5 Å². The molecule has 0 spiro atoms. The van der Waals surface area contributed by atoms with Gasteiger partial charge in [0.1, 0.15) is 11.5 Å². The van der Waals surface area contributed by atoms with Crippen molar-refractivity contribution >= 4 is 39.1 Å². The molecule has 1 saturated heterocycles. The Kier molecular flexibility index (Phi) is 6.85. The van der Waals surface area contributed by atoms with Crippen LogP contribution in [0.1, 0.15) is 6.92 Å². The molecular weight excluding hydrogens is 432 g/mol. The summed E-state index contributed by atoms with van der Waals surface area (Å²) in [4.78, 5) is 16.6. The summed E-state index contributed by atoms with van der Waals surface area (Å²) in [5, 5.41) is 0.615. The molecule has 0 aromatic heterocycles. The van der Waals surface area contributed by atoms with Gasteiger partial charge in [-0.3, -0.25) is 4.79 Å². The van der Waals surface area contributed by atoms with Crippen LogP contribution in [0.3, 0.4) is 0 Å². The van der Waals surface area contributed by atoms with Crippen molar-refractivity contribution in [3.05, 3.63) is 52.0 Å². The molecule has 1 aliphatic rings. The second kappa shape index (κ2) is 9.33. The summed E-state index contributed by atoms with van der Waals surface area (Å²) in [6.45, 7) is 5.46. The SMILES string of the molecule is CCOc1ccccc1N1CCN(C(=O)COc2ccc(Cl)cc2Br)CC1. The number of carbonyl (C=O) groups is 1. The molecule has 0 aliphatic carbocycles. The molecule has 0 saturated carbocycles. The van der Waals surface area contributed by atoms with E-state index in [1.165, 1.54) is 0 Å². The molecule has 5 nitrogen and oxygen atoms in total. The zero-order valence-corrected chi connectivity index (χ0v) is 17.5. The van der Waals surface area contributed by atoms with Crippen molar-refractivity contribution in [2.45, 2.75) is 6.92 Å². The van der Waals surface area contributed by atoms with Crippen LogP contribution in [0.5, 0.6) is 11.5 Å². The number of benzene rings is 2. The van der Waals surface area contributed by atoms with Gasteiger partial charge in [0.15, 0.2) is 6.61 Å². The van der Waals surface area contributed by atoms with Crippen molar-refractivity contribution in [2.24, 2.45) is 0 Å². The van der Waals surface area contributed by atoms with Crippen molar-refractivity contribution in [3.63, 3.8) is 0 Å². The van der Waals surface area contributed by atoms with Gasteiger partial charge in [0.2, 0.25) is 0 Å². The van der Waals surface area contributed by atoms with E-state index in [1.807, 2.05) is 30.0 Å². The lowest BCUT2D eigenvalue weighted by molar-refractivity contribution is -0.133. The van der Waals surface area contributed by atoms with Crippen molar-refractivity contribution in [1.29, 1.82) is 0 Å². The number of para-hydroxylation sites is 2. The maximum Gasteiger partial charge on any atom is 0.260 e. The number of halogens is 2. The van der Waals surface area contributed by atoms with Crippen LogP contribution < -0.4 is 14.4 Å². The zero-order valence-electron chi connectivity index (χ0n) is 15.2. The minimum absolute atomic E-state index is 0.00969. The van der Waals surface area contributed by atoms with Gasteiger partial charge >= 0.3 is 0 Å². The summed E-state index contributed by atoms with van der Waals surface area (Å²) < 4.78 is 12.1. The largest absolute Gasteiger partial charge is 0.492 e. The summed E-state index contributed by atoms with van der Waals surface area (Å²) in [5.41, 5.74) is 1.08. The first kappa shape index (κ1) is 19.8. The number of hydrogen-bond donors (Lipinski definition) is 0. The van der Waals surface area contributed by atoms with Crippen LogP contribution in [0.2, 0.25) is 5.02 Å². The first-order valence-electron chi connectivity index (χ1n) is 8.91. The monoisotopic (exact) mass is 452 g/mol. The van der Waals surface area contributed by atoms with Crippen LogP contribution in [-0.2, 0) is 4.79 Å². The average molecular weight is 454 g/mol. The fourth-order valence-corrected chi connectivity index (χ4v) is 3.81. The molecule has 0 unspecified atom stereocenters. The van der Waals surface area contributed by atoms with Crippen molar-refractivity contribution in [1.82, 2.24) is 4.90 Å². The van der Waals surface area contributed by atoms with Gasteiger partial charge in [-0.1, -0.05) is 23.7 Å². The summed E-state index contributed by atoms with van der Waals surface area (Å²) in [7, 11) is 0. The van der Waals surface area contributed by atoms with E-state index in [0.717, 1.165) is 29.0 Å². The Labute approximate surface area is 172 Å². The lowest BCUT2D eigenvalue weighted by Crippen LogP contribution is -2.50. The molecule has 3 rings (SSSR count). The van der Waals surface area contributed by atoms with Gasteiger partial charge in [-0.05, 0) is 53.2 Å². The predicted octanol–water partition coefficient (Wildman–Crippen LogP) is 4.23. The number of piperazine rings is 1. The normalized spacial score (nSPS) is 14.2. The number of nitrogens with zero attached hydrogens (tertiary/aromatic N) is 2. The second-order valence-corrected chi connectivity index (χ2v) is 7.42. The quantitative estimate of drug-likeness (QED) is 0.656. The lowest BCUT2D eigenvalue weighted by atomic mass is 10.2. The van der Waals surface area contributed by atoms with Gasteiger partial charge in [-0.15, -0.1) is 0 Å². The van der Waals surface area contributed by atoms with Gasteiger partial charge in [0, 0.05) is 31.2 Å². The van der Waals surface area contributed by atoms with Gasteiger partial charge < -0.3 is 19.3 Å². The molecule has 7 heteroatoms. The van der Waals surface area contributed by atoms with Crippen molar-refractivity contribution < 1.29 is 14.3 Å². The van der Waals surface area contributed by atoms with E-state index in [1.54, 1.807) is 18.2 Å². The van der Waals surface area contributed by atoms with Crippen molar-refractivity contribution in [3.8, 4) is 11.5 Å². The summed E-state index contributed by atoms with van der Waals surface area (Å²) >= 11 is 9.32. The van der Waals surface area contributed by atoms with Crippen LogP contribution in [0.15, 0.2) is 46.9 Å². The minimum atomic E-state index is -0.0189. The number of hydrogen-bond acceptors (Lipinski definition) is 4. The van der Waals surface area contributed by atoms with E-state index in [-0.39, 0.29) is 12.5 Å². The number of rotatable bonds is 6. The van der Waals surface area contributed by atoms with E-state index >= 15 is 0 Å². The molecule has 0 radical (unpaired) electrons. The standard InChI is InChI=1S/C20H22BrClN2O3/c1-2-26-19-6-4-3-5-17(19)23-9-11-24(12-10-23)20(25)14-27-18-8-7-15(22)13-16(18)21/h3-8,13H,2,9-12,14H2,1H3. The molecule has 144 valence electrons. The fourth-order valence-electron chi connectivity index (χ4n) is 3.02. The molecule has 0 N–H and O–H groups in total. The van der Waals surface area contributed by atoms with E-state index in [0.29, 0.717) is 30.5 Å². The topological polar surface area (TPSA) is 42.0 Å². The average Bonchev–Trinajstić information content (AvgIpc) is 2.68. The molecule has 1 aliphatic heterocycles. The highest BCUT2D eigenvalue weighted by Crippen LogP contribution is 2.29. The first-order valence-corrected chi connectivity index (χ1v) is 10.1. The molecule has 2 aromatic rings. The number of amides is 1. The molecule has 0 atom stereocenters. The van der Waals surface area contributed by atoms with E-state index in [2.05, 4.69) is 26.9 Å². The Hall–Kier alpha value is -1.92. The number of anilines is 1. The smallest absolute Gasteiger partial charge is 0.260 e. The molecule has 1 amide bonds. The summed E-state index contributed by atoms with van der Waals surface area (Å²) in [6.07, 6.45) is 0. The summed E-state index contributed by atoms with van der Waals surface area (Å²) in [5.74, 6) is 1.47. The van der Waals surface area contributed by atoms with Crippen LogP contribution in [0, 0.1) is 0 Å². The van der Waals surface area contributed by atoms with Crippen LogP contribution in [-0.4, -0.2) is 50.2 Å². The van der Waals surface area contributed by atoms with E-state index in [9.17, 15) is 4.79 Å².